The fourth-order valence-corrected chi connectivity index (χ4v) is 3.22. The molecule has 1 amide bonds. The Hall–Kier alpha value is -1.38. The van der Waals surface area contributed by atoms with Gasteiger partial charge in [-0.25, -0.2) is 0 Å². The topological polar surface area (TPSA) is 47.3 Å². The van der Waals surface area contributed by atoms with Crippen molar-refractivity contribution >= 4 is 17.2 Å². The lowest BCUT2D eigenvalue weighted by molar-refractivity contribution is -0.133. The van der Waals surface area contributed by atoms with Gasteiger partial charge in [-0.2, -0.15) is 5.26 Å². The van der Waals surface area contributed by atoms with Crippen LogP contribution in [-0.4, -0.2) is 47.9 Å². The molecule has 5 heteroatoms. The van der Waals surface area contributed by atoms with Gasteiger partial charge in [0.1, 0.15) is 0 Å². The highest BCUT2D eigenvalue weighted by Crippen LogP contribution is 2.13. The molecular weight excluding hydrogens is 270 g/mol. The first kappa shape index (κ1) is 15.0. The van der Waals surface area contributed by atoms with Crippen LogP contribution in [0.4, 0.5) is 0 Å². The molecule has 1 unspecified atom stereocenters. The Kier molecular flexibility index (Phi) is 5.57. The Labute approximate surface area is 124 Å². The zero-order chi connectivity index (χ0) is 14.4. The number of hydrogen-bond donors (Lipinski definition) is 0. The van der Waals surface area contributed by atoms with Crippen molar-refractivity contribution in [1.82, 2.24) is 9.80 Å². The van der Waals surface area contributed by atoms with Crippen molar-refractivity contribution in [3.05, 3.63) is 22.4 Å². The number of rotatable bonds is 5. The molecule has 0 spiro atoms. The van der Waals surface area contributed by atoms with Gasteiger partial charge in [-0.3, -0.25) is 9.69 Å². The van der Waals surface area contributed by atoms with Gasteiger partial charge in [-0.05, 0) is 31.2 Å². The van der Waals surface area contributed by atoms with E-state index in [1.165, 1.54) is 4.88 Å². The first-order valence-electron chi connectivity index (χ1n) is 7.14. The van der Waals surface area contributed by atoms with Crippen molar-refractivity contribution < 1.29 is 4.79 Å². The van der Waals surface area contributed by atoms with Crippen LogP contribution in [0.2, 0.25) is 0 Å². The maximum Gasteiger partial charge on any atom is 0.222 e. The smallest absolute Gasteiger partial charge is 0.222 e. The number of carbonyl (C=O) groups excluding carboxylic acids is 1. The highest BCUT2D eigenvalue weighted by molar-refractivity contribution is 7.09. The van der Waals surface area contributed by atoms with Gasteiger partial charge in [0.05, 0.1) is 12.1 Å². The molecule has 0 aromatic carbocycles. The van der Waals surface area contributed by atoms with E-state index in [2.05, 4.69) is 28.5 Å². The fraction of sp³-hybridized carbons (Fsp3) is 0.600. The Morgan fingerprint density at radius 3 is 2.80 bits per heavy atom. The molecule has 1 aliphatic heterocycles. The zero-order valence-corrected chi connectivity index (χ0v) is 12.7. The highest BCUT2D eigenvalue weighted by atomic mass is 32.1. The van der Waals surface area contributed by atoms with Gasteiger partial charge in [0.25, 0.3) is 0 Å². The first-order chi connectivity index (χ1) is 9.70. The number of thiophene rings is 1. The molecular formula is C15H21N3OS. The number of nitriles is 1. The second kappa shape index (κ2) is 7.41. The summed E-state index contributed by atoms with van der Waals surface area (Å²) in [5.41, 5.74) is 0. The summed E-state index contributed by atoms with van der Waals surface area (Å²) in [4.78, 5) is 17.5. The van der Waals surface area contributed by atoms with Crippen LogP contribution in [0, 0.1) is 11.3 Å². The van der Waals surface area contributed by atoms with E-state index in [9.17, 15) is 4.79 Å². The Bertz CT molecular complexity index is 458. The van der Waals surface area contributed by atoms with Gasteiger partial charge in [0.15, 0.2) is 0 Å². The minimum absolute atomic E-state index is 0.0499. The summed E-state index contributed by atoms with van der Waals surface area (Å²) in [7, 11) is 0. The molecule has 108 valence electrons. The summed E-state index contributed by atoms with van der Waals surface area (Å²) in [5.74, 6) is 0.255. The van der Waals surface area contributed by atoms with Gasteiger partial charge in [-0.15, -0.1) is 11.3 Å². The maximum atomic E-state index is 12.1. The second-order valence-corrected chi connectivity index (χ2v) is 6.19. The average Bonchev–Trinajstić information content (AvgIpc) is 2.99. The van der Waals surface area contributed by atoms with E-state index < -0.39 is 0 Å². The highest BCUT2D eigenvalue weighted by Gasteiger charge is 2.23. The minimum Gasteiger partial charge on any atom is -0.340 e. The van der Waals surface area contributed by atoms with Crippen LogP contribution in [0.25, 0.3) is 0 Å². The Morgan fingerprint density at radius 2 is 2.20 bits per heavy atom. The summed E-state index contributed by atoms with van der Waals surface area (Å²) in [6.45, 7) is 5.04. The minimum atomic E-state index is -0.0499. The monoisotopic (exact) mass is 291 g/mol. The standard InChI is InChI=1S/C15H21N3OS/c1-13(12-16)17-7-9-18(10-8-17)15(19)6-2-4-14-5-3-11-20-14/h3,5,11,13H,2,4,6-10H2,1H3. The molecule has 1 aliphatic rings. The number of nitrogens with zero attached hydrogens (tertiary/aromatic N) is 3. The van der Waals surface area contributed by atoms with E-state index in [1.54, 1.807) is 11.3 Å². The van der Waals surface area contributed by atoms with Crippen molar-refractivity contribution in [2.75, 3.05) is 26.2 Å². The molecule has 1 atom stereocenters. The van der Waals surface area contributed by atoms with Crippen LogP contribution in [0.3, 0.4) is 0 Å². The van der Waals surface area contributed by atoms with Crippen molar-refractivity contribution in [3.63, 3.8) is 0 Å². The van der Waals surface area contributed by atoms with Crippen LogP contribution >= 0.6 is 11.3 Å². The van der Waals surface area contributed by atoms with Crippen LogP contribution < -0.4 is 0 Å². The van der Waals surface area contributed by atoms with E-state index >= 15 is 0 Å². The molecule has 20 heavy (non-hydrogen) atoms. The molecule has 0 radical (unpaired) electrons. The predicted octanol–water partition coefficient (Wildman–Crippen LogP) is 2.13. The fourth-order valence-electron chi connectivity index (χ4n) is 2.47. The lowest BCUT2D eigenvalue weighted by Crippen LogP contribution is -2.51. The van der Waals surface area contributed by atoms with Crippen molar-refractivity contribution in [2.24, 2.45) is 0 Å². The molecule has 1 aromatic heterocycles. The summed E-state index contributed by atoms with van der Waals surface area (Å²) >= 11 is 1.75. The molecule has 0 saturated carbocycles. The maximum absolute atomic E-state index is 12.1. The average molecular weight is 291 g/mol. The third kappa shape index (κ3) is 4.06. The van der Waals surface area contributed by atoms with Crippen LogP contribution in [0.5, 0.6) is 0 Å². The van der Waals surface area contributed by atoms with Gasteiger partial charge in [0.2, 0.25) is 5.91 Å². The van der Waals surface area contributed by atoms with Gasteiger partial charge in [-0.1, -0.05) is 6.07 Å². The molecule has 2 heterocycles. The molecule has 0 bridgehead atoms. The zero-order valence-electron chi connectivity index (χ0n) is 11.9. The summed E-state index contributed by atoms with van der Waals surface area (Å²) < 4.78 is 0. The Balaban J connectivity index is 1.68. The SMILES string of the molecule is CC(C#N)N1CCN(C(=O)CCCc2cccs2)CC1. The molecule has 0 N–H and O–H groups in total. The van der Waals surface area contributed by atoms with Gasteiger partial charge in [0, 0.05) is 37.5 Å². The van der Waals surface area contributed by atoms with E-state index in [4.69, 9.17) is 5.26 Å². The summed E-state index contributed by atoms with van der Waals surface area (Å²) in [6.07, 6.45) is 2.55. The van der Waals surface area contributed by atoms with Crippen molar-refractivity contribution in [3.8, 4) is 6.07 Å². The number of piperazine rings is 1. The first-order valence-corrected chi connectivity index (χ1v) is 8.02. The number of carbonyl (C=O) groups is 1. The van der Waals surface area contributed by atoms with E-state index in [0.29, 0.717) is 6.42 Å². The van der Waals surface area contributed by atoms with E-state index in [0.717, 1.165) is 39.0 Å². The summed E-state index contributed by atoms with van der Waals surface area (Å²) in [6, 6.07) is 6.38. The van der Waals surface area contributed by atoms with Crippen molar-refractivity contribution in [2.45, 2.75) is 32.2 Å². The molecule has 4 nitrogen and oxygen atoms in total. The molecule has 1 aromatic rings. The quantitative estimate of drug-likeness (QED) is 0.835. The van der Waals surface area contributed by atoms with Gasteiger partial charge < -0.3 is 4.90 Å². The third-order valence-corrected chi connectivity index (χ3v) is 4.73. The lowest BCUT2D eigenvalue weighted by atomic mass is 10.2. The Morgan fingerprint density at radius 1 is 1.45 bits per heavy atom. The van der Waals surface area contributed by atoms with Crippen LogP contribution in [0.15, 0.2) is 17.5 Å². The van der Waals surface area contributed by atoms with E-state index in [-0.39, 0.29) is 11.9 Å². The normalized spacial score (nSPS) is 17.7. The molecule has 0 aliphatic carbocycles. The van der Waals surface area contributed by atoms with Gasteiger partial charge >= 0.3 is 0 Å². The number of amides is 1. The number of hydrogen-bond acceptors (Lipinski definition) is 4. The van der Waals surface area contributed by atoms with E-state index in [1.807, 2.05) is 11.8 Å². The number of aryl methyl sites for hydroxylation is 1. The largest absolute Gasteiger partial charge is 0.340 e. The molecule has 1 fully saturated rings. The lowest BCUT2D eigenvalue weighted by Gasteiger charge is -2.35. The van der Waals surface area contributed by atoms with Crippen LogP contribution in [0.1, 0.15) is 24.6 Å². The third-order valence-electron chi connectivity index (χ3n) is 3.80. The van der Waals surface area contributed by atoms with Crippen LogP contribution in [-0.2, 0) is 11.2 Å². The summed E-state index contributed by atoms with van der Waals surface area (Å²) in [5, 5.41) is 11.0. The predicted molar refractivity (Wildman–Crippen MR) is 80.5 cm³/mol. The second-order valence-electron chi connectivity index (χ2n) is 5.15. The van der Waals surface area contributed by atoms with Crippen molar-refractivity contribution in [1.29, 1.82) is 5.26 Å². The molecule has 2 rings (SSSR count). The molecule has 1 saturated heterocycles.